The van der Waals surface area contributed by atoms with E-state index in [0.29, 0.717) is 51.6 Å². The summed E-state index contributed by atoms with van der Waals surface area (Å²) in [5.41, 5.74) is 10.8. The van der Waals surface area contributed by atoms with Gasteiger partial charge in [0.1, 0.15) is 18.1 Å². The van der Waals surface area contributed by atoms with Crippen LogP contribution in [0.25, 0.3) is 0 Å². The second-order valence-electron chi connectivity index (χ2n) is 7.83. The number of nitrogens with zero attached hydrogens (tertiary/aromatic N) is 1. The number of hydrogen-bond acceptors (Lipinski definition) is 6. The number of rotatable bonds is 12. The van der Waals surface area contributed by atoms with Crippen LogP contribution in [-0.4, -0.2) is 71.5 Å². The van der Waals surface area contributed by atoms with Crippen molar-refractivity contribution < 1.29 is 24.3 Å². The molecule has 7 N–H and O–H groups in total. The van der Waals surface area contributed by atoms with Gasteiger partial charge in [-0.05, 0) is 51.0 Å². The molecule has 0 spiro atoms. The molecule has 1 heterocycles. The molecule has 0 aliphatic carbocycles. The predicted molar refractivity (Wildman–Crippen MR) is 108 cm³/mol. The highest BCUT2D eigenvalue weighted by Gasteiger charge is 2.38. The lowest BCUT2D eigenvalue weighted by atomic mass is 10.0. The molecule has 1 saturated heterocycles. The Labute approximate surface area is 171 Å². The van der Waals surface area contributed by atoms with E-state index in [1.165, 1.54) is 4.90 Å². The zero-order chi connectivity index (χ0) is 22.0. The van der Waals surface area contributed by atoms with E-state index >= 15 is 0 Å². The number of aliphatic carboxylic acids is 1. The summed E-state index contributed by atoms with van der Waals surface area (Å²) in [7, 11) is 0. The monoisotopic (exact) mass is 413 g/mol. The van der Waals surface area contributed by atoms with Crippen LogP contribution in [0.15, 0.2) is 0 Å². The molecule has 3 unspecified atom stereocenters. The van der Waals surface area contributed by atoms with Crippen LogP contribution >= 0.6 is 0 Å². The minimum absolute atomic E-state index is 0.101. The number of nitrogens with two attached hydrogens (primary N) is 2. The third-order valence-corrected chi connectivity index (χ3v) is 4.93. The Balaban J connectivity index is 2.91. The Morgan fingerprint density at radius 2 is 1.79 bits per heavy atom. The van der Waals surface area contributed by atoms with Crippen molar-refractivity contribution in [1.82, 2.24) is 15.5 Å². The third-order valence-electron chi connectivity index (χ3n) is 4.93. The minimum Gasteiger partial charge on any atom is -0.480 e. The number of carbonyl (C=O) groups excluding carboxylic acids is 3. The zero-order valence-corrected chi connectivity index (χ0v) is 17.4. The Morgan fingerprint density at radius 1 is 1.10 bits per heavy atom. The molecule has 1 fully saturated rings. The molecule has 0 radical (unpaired) electrons. The molecule has 0 aromatic carbocycles. The first-order chi connectivity index (χ1) is 13.7. The lowest BCUT2D eigenvalue weighted by molar-refractivity contribution is -0.149. The standard InChI is InChI=1S/C19H35N5O5/c1-12(2)10-14(18(27)24-9-5-7-15(24)19(28)29)23-17(26)13(6-3-4-8-20)22-16(25)11-21/h12-15H,3-11,20-21H2,1-2H3,(H,22,25)(H,23,26)(H,28,29). The Hall–Kier alpha value is -2.20. The number of hydrogen-bond donors (Lipinski definition) is 5. The molecule has 0 saturated carbocycles. The maximum absolute atomic E-state index is 13.0. The predicted octanol–water partition coefficient (Wildman–Crippen LogP) is -0.835. The van der Waals surface area contributed by atoms with Gasteiger partial charge >= 0.3 is 5.97 Å². The van der Waals surface area contributed by atoms with Crippen LogP contribution in [0, 0.1) is 5.92 Å². The number of carboxylic acid groups (broad SMARTS) is 1. The minimum atomic E-state index is -1.04. The van der Waals surface area contributed by atoms with Crippen LogP contribution in [0.3, 0.4) is 0 Å². The van der Waals surface area contributed by atoms with Crippen LogP contribution in [0.2, 0.25) is 0 Å². The summed E-state index contributed by atoms with van der Waals surface area (Å²) in [5.74, 6) is -2.28. The van der Waals surface area contributed by atoms with Gasteiger partial charge in [0, 0.05) is 6.54 Å². The number of unbranched alkanes of at least 4 members (excludes halogenated alkanes) is 1. The Kier molecular flexibility index (Phi) is 10.6. The molecule has 10 nitrogen and oxygen atoms in total. The zero-order valence-electron chi connectivity index (χ0n) is 17.4. The smallest absolute Gasteiger partial charge is 0.326 e. The van der Waals surface area contributed by atoms with Crippen LogP contribution in [0.5, 0.6) is 0 Å². The largest absolute Gasteiger partial charge is 0.480 e. The maximum atomic E-state index is 13.0. The maximum Gasteiger partial charge on any atom is 0.326 e. The summed E-state index contributed by atoms with van der Waals surface area (Å²) in [6.45, 7) is 4.41. The number of amides is 3. The van der Waals surface area contributed by atoms with E-state index in [2.05, 4.69) is 10.6 Å². The van der Waals surface area contributed by atoms with Crippen molar-refractivity contribution in [3.63, 3.8) is 0 Å². The fraction of sp³-hybridized carbons (Fsp3) is 0.789. The van der Waals surface area contributed by atoms with E-state index in [9.17, 15) is 24.3 Å². The normalized spacial score (nSPS) is 18.4. The summed E-state index contributed by atoms with van der Waals surface area (Å²) in [5, 5.41) is 14.7. The average Bonchev–Trinajstić information content (AvgIpc) is 3.15. The molecular formula is C19H35N5O5. The molecule has 166 valence electrons. The van der Waals surface area contributed by atoms with Gasteiger partial charge in [-0.15, -0.1) is 0 Å². The van der Waals surface area contributed by atoms with Crippen molar-refractivity contribution in [2.24, 2.45) is 17.4 Å². The summed E-state index contributed by atoms with van der Waals surface area (Å²) in [4.78, 5) is 50.3. The fourth-order valence-electron chi connectivity index (χ4n) is 3.47. The lowest BCUT2D eigenvalue weighted by Crippen LogP contribution is -2.56. The molecule has 3 atom stereocenters. The fourth-order valence-corrected chi connectivity index (χ4v) is 3.47. The molecule has 1 rings (SSSR count). The molecule has 0 aromatic heterocycles. The van der Waals surface area contributed by atoms with Crippen LogP contribution in [0.1, 0.15) is 52.4 Å². The highest BCUT2D eigenvalue weighted by atomic mass is 16.4. The Morgan fingerprint density at radius 3 is 2.34 bits per heavy atom. The van der Waals surface area contributed by atoms with E-state index in [4.69, 9.17) is 11.5 Å². The molecule has 0 bridgehead atoms. The van der Waals surface area contributed by atoms with Crippen molar-refractivity contribution >= 4 is 23.7 Å². The molecule has 3 amide bonds. The van der Waals surface area contributed by atoms with Crippen molar-refractivity contribution in [3.8, 4) is 0 Å². The molecule has 0 aromatic rings. The topological polar surface area (TPSA) is 168 Å². The molecule has 29 heavy (non-hydrogen) atoms. The average molecular weight is 414 g/mol. The Bertz CT molecular complexity index is 583. The van der Waals surface area contributed by atoms with Gasteiger partial charge in [-0.1, -0.05) is 13.8 Å². The van der Waals surface area contributed by atoms with Crippen LogP contribution in [-0.2, 0) is 19.2 Å². The second kappa shape index (κ2) is 12.4. The number of carbonyl (C=O) groups is 4. The van der Waals surface area contributed by atoms with Crippen LogP contribution in [0.4, 0.5) is 0 Å². The highest BCUT2D eigenvalue weighted by molar-refractivity contribution is 5.93. The molecular weight excluding hydrogens is 378 g/mol. The van der Waals surface area contributed by atoms with Crippen molar-refractivity contribution in [2.45, 2.75) is 70.5 Å². The van der Waals surface area contributed by atoms with Gasteiger partial charge < -0.3 is 32.1 Å². The number of likely N-dealkylation sites (tertiary alicyclic amines) is 1. The van der Waals surface area contributed by atoms with E-state index < -0.39 is 41.8 Å². The van der Waals surface area contributed by atoms with Crippen molar-refractivity contribution in [1.29, 1.82) is 0 Å². The SMILES string of the molecule is CC(C)CC(NC(=O)C(CCCCN)NC(=O)CN)C(=O)N1CCCC1C(=O)O. The summed E-state index contributed by atoms with van der Waals surface area (Å²) < 4.78 is 0. The van der Waals surface area contributed by atoms with Crippen LogP contribution < -0.4 is 22.1 Å². The summed E-state index contributed by atoms with van der Waals surface area (Å²) in [6.07, 6.45) is 3.09. The van der Waals surface area contributed by atoms with Gasteiger partial charge in [0.15, 0.2) is 0 Å². The lowest BCUT2D eigenvalue weighted by Gasteiger charge is -2.29. The van der Waals surface area contributed by atoms with E-state index in [1.807, 2.05) is 13.8 Å². The second-order valence-corrected chi connectivity index (χ2v) is 7.83. The number of nitrogens with one attached hydrogen (secondary N) is 2. The van der Waals surface area contributed by atoms with Gasteiger partial charge in [0.2, 0.25) is 17.7 Å². The van der Waals surface area contributed by atoms with Crippen molar-refractivity contribution in [2.75, 3.05) is 19.6 Å². The van der Waals surface area contributed by atoms with Gasteiger partial charge in [-0.3, -0.25) is 14.4 Å². The van der Waals surface area contributed by atoms with E-state index in [-0.39, 0.29) is 12.5 Å². The molecule has 1 aliphatic rings. The summed E-state index contributed by atoms with van der Waals surface area (Å²) >= 11 is 0. The van der Waals surface area contributed by atoms with E-state index in [0.717, 1.165) is 0 Å². The quantitative estimate of drug-likeness (QED) is 0.260. The molecule has 1 aliphatic heterocycles. The van der Waals surface area contributed by atoms with Gasteiger partial charge in [0.25, 0.3) is 0 Å². The first-order valence-corrected chi connectivity index (χ1v) is 10.2. The van der Waals surface area contributed by atoms with Gasteiger partial charge in [-0.25, -0.2) is 4.79 Å². The van der Waals surface area contributed by atoms with Crippen molar-refractivity contribution in [3.05, 3.63) is 0 Å². The van der Waals surface area contributed by atoms with E-state index in [1.54, 1.807) is 0 Å². The third kappa shape index (κ3) is 7.98. The van der Waals surface area contributed by atoms with Gasteiger partial charge in [0.05, 0.1) is 6.54 Å². The first kappa shape index (κ1) is 24.8. The highest BCUT2D eigenvalue weighted by Crippen LogP contribution is 2.20. The first-order valence-electron chi connectivity index (χ1n) is 10.2. The number of carboxylic acids is 1. The molecule has 10 heteroatoms. The van der Waals surface area contributed by atoms with Gasteiger partial charge in [-0.2, -0.15) is 0 Å². The summed E-state index contributed by atoms with van der Waals surface area (Å²) in [6, 6.07) is -2.55.